The summed E-state index contributed by atoms with van der Waals surface area (Å²) >= 11 is 3.25. The minimum absolute atomic E-state index is 0. The zero-order valence-electron chi connectivity index (χ0n) is 12.7. The second-order valence-electron chi connectivity index (χ2n) is 5.74. The molecule has 0 bridgehead atoms. The fourth-order valence-electron chi connectivity index (χ4n) is 2.77. The molecule has 3 rings (SSSR count). The van der Waals surface area contributed by atoms with E-state index in [0.29, 0.717) is 10.0 Å². The van der Waals surface area contributed by atoms with Crippen LogP contribution >= 0.6 is 15.9 Å². The van der Waals surface area contributed by atoms with Gasteiger partial charge in [-0.3, -0.25) is 0 Å². The molecule has 0 radical (unpaired) electrons. The maximum absolute atomic E-state index is 13.4. The van der Waals surface area contributed by atoms with Crippen molar-refractivity contribution in [2.75, 3.05) is 7.11 Å². The monoisotopic (exact) mass is 489 g/mol. The van der Waals surface area contributed by atoms with Crippen LogP contribution in [0.5, 0.6) is 0 Å². The smallest absolute Gasteiger partial charge is 1.00 e. The van der Waals surface area contributed by atoms with Crippen molar-refractivity contribution >= 4 is 42.1 Å². The number of ether oxygens (including phenoxy) is 1. The fraction of sp³-hybridized carbons (Fsp3) is 0.467. The van der Waals surface area contributed by atoms with Gasteiger partial charge in [-0.2, -0.15) is 0 Å². The van der Waals surface area contributed by atoms with Crippen molar-refractivity contribution in [2.45, 2.75) is 37.2 Å². The molecule has 132 valence electrons. The van der Waals surface area contributed by atoms with Gasteiger partial charge >= 0.3 is 146 Å². The van der Waals surface area contributed by atoms with Crippen LogP contribution in [-0.4, -0.2) is 38.8 Å². The maximum Gasteiger partial charge on any atom is -1.00 e. The van der Waals surface area contributed by atoms with Gasteiger partial charge in [0.15, 0.2) is 0 Å². The summed E-state index contributed by atoms with van der Waals surface area (Å²) in [6, 6.07) is 3.34. The number of nitrogens with zero attached hydrogens (tertiary/aromatic N) is 1. The first-order chi connectivity index (χ1) is 10.8. The molecular formula is C15H15BrClF2NO3Se. The minimum atomic E-state index is -2.69. The van der Waals surface area contributed by atoms with Gasteiger partial charge in [-0.1, -0.05) is 0 Å². The number of aliphatic hydroxyl groups is 1. The standard InChI is InChI=1S/C15H15BrF2NO3Se.ClH/c1-22-13(20)9-2-7-19-10(8-9)11(16)12(23-19)14(21)3-5-15(17,18)6-4-14;/h2,7-8,21H,3-6H2,1H3;1H/q+1;/p-1. The van der Waals surface area contributed by atoms with E-state index in [9.17, 15) is 18.7 Å². The van der Waals surface area contributed by atoms with Gasteiger partial charge in [0.05, 0.1) is 0 Å². The molecule has 9 heteroatoms. The van der Waals surface area contributed by atoms with Gasteiger partial charge in [0.1, 0.15) is 0 Å². The fourth-order valence-corrected chi connectivity index (χ4v) is 6.44. The Morgan fingerprint density at radius 2 is 2.00 bits per heavy atom. The summed E-state index contributed by atoms with van der Waals surface area (Å²) in [4.78, 5) is 11.6. The first kappa shape index (κ1) is 19.8. The molecule has 0 amide bonds. The molecule has 1 fully saturated rings. The van der Waals surface area contributed by atoms with Gasteiger partial charge in [0.25, 0.3) is 0 Å². The van der Waals surface area contributed by atoms with Crippen LogP contribution < -0.4 is 15.8 Å². The van der Waals surface area contributed by atoms with E-state index in [2.05, 4.69) is 15.9 Å². The topological polar surface area (TPSA) is 50.6 Å². The predicted molar refractivity (Wildman–Crippen MR) is 82.9 cm³/mol. The van der Waals surface area contributed by atoms with Gasteiger partial charge in [-0.15, -0.1) is 0 Å². The first-order valence-electron chi connectivity index (χ1n) is 7.09. The van der Waals surface area contributed by atoms with Gasteiger partial charge in [0, 0.05) is 0 Å². The quantitative estimate of drug-likeness (QED) is 0.454. The summed E-state index contributed by atoms with van der Waals surface area (Å²) in [6.07, 6.45) is 1.24. The number of pyridine rings is 1. The maximum atomic E-state index is 13.4. The summed E-state index contributed by atoms with van der Waals surface area (Å²) in [5.74, 6) is -3.13. The van der Waals surface area contributed by atoms with Crippen LogP contribution in [0.4, 0.5) is 8.78 Å². The van der Waals surface area contributed by atoms with Crippen LogP contribution in [0, 0.1) is 0 Å². The van der Waals surface area contributed by atoms with Crippen molar-refractivity contribution in [2.24, 2.45) is 0 Å². The molecule has 0 spiro atoms. The number of esters is 1. The van der Waals surface area contributed by atoms with E-state index in [0.717, 1.165) is 9.95 Å². The SMILES string of the molecule is COC(=O)c1cc[n+]2[se]c(C3(O)CCC(F)(F)CC3)c(Br)c2c1.[Cl-]. The third-order valence-electron chi connectivity index (χ3n) is 4.19. The zero-order valence-corrected chi connectivity index (χ0v) is 16.7. The number of carbonyl (C=O) groups is 1. The average molecular weight is 490 g/mol. The molecule has 2 aromatic rings. The second-order valence-corrected chi connectivity index (χ2v) is 8.60. The molecule has 0 aromatic carbocycles. The van der Waals surface area contributed by atoms with Crippen LogP contribution in [0.25, 0.3) is 5.52 Å². The van der Waals surface area contributed by atoms with Crippen molar-refractivity contribution < 1.29 is 39.2 Å². The van der Waals surface area contributed by atoms with E-state index < -0.39 is 17.5 Å². The van der Waals surface area contributed by atoms with E-state index in [4.69, 9.17) is 4.74 Å². The van der Waals surface area contributed by atoms with Gasteiger partial charge in [0.2, 0.25) is 0 Å². The number of hydrogen-bond acceptors (Lipinski definition) is 3. The Morgan fingerprint density at radius 1 is 1.38 bits per heavy atom. The molecule has 0 unspecified atom stereocenters. The van der Waals surface area contributed by atoms with Crippen LogP contribution in [0.2, 0.25) is 0 Å². The molecule has 1 aliphatic rings. The predicted octanol–water partition coefficient (Wildman–Crippen LogP) is -0.568. The number of halogens is 4. The largest absolute Gasteiger partial charge is 1.00 e. The van der Waals surface area contributed by atoms with Crippen molar-refractivity contribution in [1.29, 1.82) is 0 Å². The molecule has 1 N–H and O–H groups in total. The van der Waals surface area contributed by atoms with Crippen LogP contribution in [0.15, 0.2) is 22.8 Å². The summed E-state index contributed by atoms with van der Waals surface area (Å²) < 4.78 is 34.9. The number of carbonyl (C=O) groups excluding carboxylic acids is 1. The summed E-state index contributed by atoms with van der Waals surface area (Å²) in [7, 11) is 1.31. The van der Waals surface area contributed by atoms with Gasteiger partial charge in [-0.25, -0.2) is 0 Å². The van der Waals surface area contributed by atoms with E-state index in [-0.39, 0.29) is 52.8 Å². The molecule has 4 nitrogen and oxygen atoms in total. The Balaban J connectivity index is 0.00000208. The molecule has 0 saturated heterocycles. The number of rotatable bonds is 2. The summed E-state index contributed by atoms with van der Waals surface area (Å²) in [5.41, 5.74) is -0.0404. The first-order valence-corrected chi connectivity index (χ1v) is 9.50. The third-order valence-corrected chi connectivity index (χ3v) is 8.27. The number of methoxy groups -OCH3 is 1. The van der Waals surface area contributed by atoms with Crippen LogP contribution in [-0.2, 0) is 10.3 Å². The Hall–Kier alpha value is -0.531. The van der Waals surface area contributed by atoms with Crippen LogP contribution in [0.1, 0.15) is 40.5 Å². The summed E-state index contributed by atoms with van der Waals surface area (Å²) in [5, 5.41) is 10.9. The van der Waals surface area contributed by atoms with Crippen molar-refractivity contribution in [3.05, 3.63) is 32.8 Å². The van der Waals surface area contributed by atoms with E-state index >= 15 is 0 Å². The Kier molecular flexibility index (Phi) is 5.77. The van der Waals surface area contributed by atoms with Crippen molar-refractivity contribution in [3.8, 4) is 0 Å². The summed E-state index contributed by atoms with van der Waals surface area (Å²) in [6.45, 7) is 0. The molecular weight excluding hydrogens is 474 g/mol. The van der Waals surface area contributed by atoms with Gasteiger partial charge in [-0.05, 0) is 0 Å². The van der Waals surface area contributed by atoms with Gasteiger partial charge < -0.3 is 12.4 Å². The molecule has 2 aromatic heterocycles. The Morgan fingerprint density at radius 3 is 2.58 bits per heavy atom. The van der Waals surface area contributed by atoms with Crippen molar-refractivity contribution in [1.82, 2.24) is 0 Å². The molecule has 2 heterocycles. The van der Waals surface area contributed by atoms with Crippen molar-refractivity contribution in [3.63, 3.8) is 0 Å². The number of aromatic nitrogens is 1. The second kappa shape index (κ2) is 7.00. The minimum Gasteiger partial charge on any atom is -1.00 e. The molecule has 0 atom stereocenters. The van der Waals surface area contributed by atoms with E-state index in [1.54, 1.807) is 18.3 Å². The number of fused-ring (bicyclic) bond motifs is 1. The molecule has 1 saturated carbocycles. The zero-order chi connectivity index (χ0) is 16.8. The van der Waals surface area contributed by atoms with E-state index in [1.807, 2.05) is 3.40 Å². The molecule has 24 heavy (non-hydrogen) atoms. The average Bonchev–Trinajstić information content (AvgIpc) is 2.87. The van der Waals surface area contributed by atoms with E-state index in [1.165, 1.54) is 7.11 Å². The Labute approximate surface area is 158 Å². The Bertz CT molecular complexity index is 773. The normalized spacial score (nSPS) is 18.9. The number of alkyl halides is 2. The number of hydrogen-bond donors (Lipinski definition) is 1. The molecule has 0 aliphatic heterocycles. The van der Waals surface area contributed by atoms with Crippen LogP contribution in [0.3, 0.4) is 0 Å². The third kappa shape index (κ3) is 3.53. The molecule has 1 aliphatic carbocycles.